The van der Waals surface area contributed by atoms with Crippen LogP contribution in [0, 0.1) is 5.82 Å². The predicted octanol–water partition coefficient (Wildman–Crippen LogP) is 4.20. The van der Waals surface area contributed by atoms with Crippen LogP contribution in [0.4, 0.5) is 4.39 Å². The van der Waals surface area contributed by atoms with E-state index in [1.807, 2.05) is 19.1 Å². The van der Waals surface area contributed by atoms with Gasteiger partial charge in [0.1, 0.15) is 12.4 Å². The molecule has 1 fully saturated rings. The second-order valence-electron chi connectivity index (χ2n) is 6.78. The molecule has 2 heterocycles. The summed E-state index contributed by atoms with van der Waals surface area (Å²) in [6.45, 7) is 4.25. The zero-order valence-corrected chi connectivity index (χ0v) is 16.6. The summed E-state index contributed by atoms with van der Waals surface area (Å²) in [5.74, 6) is 0.242. The lowest BCUT2D eigenvalue weighted by molar-refractivity contribution is -0.144. The zero-order valence-electron chi connectivity index (χ0n) is 15.9. The molecule has 1 saturated heterocycles. The molecule has 1 aliphatic heterocycles. The Hall–Kier alpha value is -2.18. The summed E-state index contributed by atoms with van der Waals surface area (Å²) in [6.07, 6.45) is 3.47. The van der Waals surface area contributed by atoms with Crippen LogP contribution in [0.15, 0.2) is 36.5 Å². The van der Waals surface area contributed by atoms with Crippen molar-refractivity contribution >= 4 is 17.6 Å². The molecular weight excluding hydrogens is 383 g/mol. The molecule has 0 spiro atoms. The summed E-state index contributed by atoms with van der Waals surface area (Å²) in [4.78, 5) is 18.1. The molecule has 0 bridgehead atoms. The normalized spacial score (nSPS) is 15.4. The fraction of sp³-hybridized carbons (Fsp3) is 0.429. The van der Waals surface area contributed by atoms with Crippen molar-refractivity contribution in [1.82, 2.24) is 9.88 Å². The third-order valence-corrected chi connectivity index (χ3v) is 5.10. The van der Waals surface area contributed by atoms with Gasteiger partial charge in [-0.15, -0.1) is 0 Å². The van der Waals surface area contributed by atoms with Crippen molar-refractivity contribution < 1.29 is 18.7 Å². The zero-order chi connectivity index (χ0) is 19.9. The first-order valence-corrected chi connectivity index (χ1v) is 9.84. The number of hydrogen-bond donors (Lipinski definition) is 0. The quantitative estimate of drug-likeness (QED) is 0.645. The second kappa shape index (κ2) is 9.85. The number of halogens is 2. The number of hydrogen-bond acceptors (Lipinski definition) is 5. The van der Waals surface area contributed by atoms with Gasteiger partial charge >= 0.3 is 5.97 Å². The Labute approximate surface area is 169 Å². The fourth-order valence-electron chi connectivity index (χ4n) is 3.41. The average Bonchev–Trinajstić information content (AvgIpc) is 2.68. The van der Waals surface area contributed by atoms with Crippen LogP contribution in [0.5, 0.6) is 5.88 Å². The van der Waals surface area contributed by atoms with E-state index >= 15 is 0 Å². The number of benzene rings is 1. The second-order valence-corrected chi connectivity index (χ2v) is 7.21. The number of esters is 1. The SMILES string of the molecule is CCOC(=O)CN1CCC(c2cccnc2OCc2ccc(Cl)cc2F)CC1. The first-order valence-electron chi connectivity index (χ1n) is 9.46. The van der Waals surface area contributed by atoms with Gasteiger partial charge in [-0.05, 0) is 57.0 Å². The Morgan fingerprint density at radius 2 is 2.11 bits per heavy atom. The molecule has 150 valence electrons. The van der Waals surface area contributed by atoms with Crippen LogP contribution < -0.4 is 4.74 Å². The lowest BCUT2D eigenvalue weighted by Gasteiger charge is -2.31. The van der Waals surface area contributed by atoms with E-state index in [9.17, 15) is 9.18 Å². The van der Waals surface area contributed by atoms with Gasteiger partial charge < -0.3 is 9.47 Å². The first kappa shape index (κ1) is 20.6. The van der Waals surface area contributed by atoms with Crippen LogP contribution in [0.3, 0.4) is 0 Å². The Balaban J connectivity index is 1.60. The predicted molar refractivity (Wildman–Crippen MR) is 105 cm³/mol. The highest BCUT2D eigenvalue weighted by Crippen LogP contribution is 2.33. The molecular formula is C21H24ClFN2O3. The Bertz CT molecular complexity index is 810. The molecule has 3 rings (SSSR count). The van der Waals surface area contributed by atoms with Crippen molar-refractivity contribution in [2.45, 2.75) is 32.3 Å². The maximum Gasteiger partial charge on any atom is 0.320 e. The number of piperidine rings is 1. The molecule has 1 aliphatic rings. The Morgan fingerprint density at radius 1 is 1.32 bits per heavy atom. The highest BCUT2D eigenvalue weighted by atomic mass is 35.5. The van der Waals surface area contributed by atoms with Crippen LogP contribution in [-0.2, 0) is 16.1 Å². The summed E-state index contributed by atoms with van der Waals surface area (Å²) in [7, 11) is 0. The minimum Gasteiger partial charge on any atom is -0.472 e. The molecule has 28 heavy (non-hydrogen) atoms. The van der Waals surface area contributed by atoms with Gasteiger partial charge in [-0.25, -0.2) is 9.37 Å². The number of carbonyl (C=O) groups is 1. The molecule has 1 aromatic heterocycles. The summed E-state index contributed by atoms with van der Waals surface area (Å²) in [6, 6.07) is 8.43. The van der Waals surface area contributed by atoms with E-state index < -0.39 is 5.82 Å². The number of carbonyl (C=O) groups excluding carboxylic acids is 1. The Kier molecular flexibility index (Phi) is 7.23. The van der Waals surface area contributed by atoms with Gasteiger partial charge in [0.2, 0.25) is 5.88 Å². The molecule has 2 aromatic rings. The number of pyridine rings is 1. The van der Waals surface area contributed by atoms with Gasteiger partial charge in [0.25, 0.3) is 0 Å². The molecule has 0 atom stereocenters. The van der Waals surface area contributed by atoms with Crippen molar-refractivity contribution in [3.05, 3.63) is 58.5 Å². The van der Waals surface area contributed by atoms with Crippen molar-refractivity contribution in [3.8, 4) is 5.88 Å². The van der Waals surface area contributed by atoms with Gasteiger partial charge in [-0.3, -0.25) is 9.69 Å². The summed E-state index contributed by atoms with van der Waals surface area (Å²) in [5, 5.41) is 0.356. The van der Waals surface area contributed by atoms with Crippen LogP contribution >= 0.6 is 11.6 Å². The molecule has 0 N–H and O–H groups in total. The van der Waals surface area contributed by atoms with Gasteiger partial charge in [0.15, 0.2) is 0 Å². The summed E-state index contributed by atoms with van der Waals surface area (Å²) < 4.78 is 24.8. The van der Waals surface area contributed by atoms with E-state index in [0.717, 1.165) is 31.5 Å². The molecule has 0 amide bonds. The highest BCUT2D eigenvalue weighted by Gasteiger charge is 2.25. The van der Waals surface area contributed by atoms with Crippen LogP contribution in [0.1, 0.15) is 36.8 Å². The van der Waals surface area contributed by atoms with E-state index in [4.69, 9.17) is 21.1 Å². The number of rotatable bonds is 7. The van der Waals surface area contributed by atoms with Crippen molar-refractivity contribution in [1.29, 1.82) is 0 Å². The van der Waals surface area contributed by atoms with Gasteiger partial charge in [0.05, 0.1) is 13.2 Å². The van der Waals surface area contributed by atoms with E-state index in [-0.39, 0.29) is 18.5 Å². The highest BCUT2D eigenvalue weighted by molar-refractivity contribution is 6.30. The van der Waals surface area contributed by atoms with Crippen LogP contribution in [0.2, 0.25) is 5.02 Å². The Morgan fingerprint density at radius 3 is 2.82 bits per heavy atom. The molecule has 0 radical (unpaired) electrons. The van der Waals surface area contributed by atoms with Crippen LogP contribution in [-0.4, -0.2) is 42.1 Å². The molecule has 0 aliphatic carbocycles. The number of likely N-dealkylation sites (tertiary alicyclic amines) is 1. The van der Waals surface area contributed by atoms with Crippen LogP contribution in [0.25, 0.3) is 0 Å². The monoisotopic (exact) mass is 406 g/mol. The minimum atomic E-state index is -0.391. The van der Waals surface area contributed by atoms with E-state index in [1.54, 1.807) is 18.3 Å². The first-order chi connectivity index (χ1) is 13.6. The molecule has 0 unspecified atom stereocenters. The largest absolute Gasteiger partial charge is 0.472 e. The third kappa shape index (κ3) is 5.42. The molecule has 5 nitrogen and oxygen atoms in total. The lowest BCUT2D eigenvalue weighted by Crippen LogP contribution is -2.37. The average molecular weight is 407 g/mol. The maximum absolute atomic E-state index is 14.0. The molecule has 1 aromatic carbocycles. The van der Waals surface area contributed by atoms with Crippen molar-refractivity contribution in [2.24, 2.45) is 0 Å². The van der Waals surface area contributed by atoms with Gasteiger partial charge in [-0.2, -0.15) is 0 Å². The van der Waals surface area contributed by atoms with E-state index in [1.165, 1.54) is 6.07 Å². The van der Waals surface area contributed by atoms with Gasteiger partial charge in [-0.1, -0.05) is 23.7 Å². The third-order valence-electron chi connectivity index (χ3n) is 4.87. The maximum atomic E-state index is 14.0. The summed E-state index contributed by atoms with van der Waals surface area (Å²) >= 11 is 5.80. The number of ether oxygens (including phenoxy) is 2. The van der Waals surface area contributed by atoms with Gasteiger partial charge in [0, 0.05) is 22.3 Å². The summed E-state index contributed by atoms with van der Waals surface area (Å²) in [5.41, 5.74) is 1.46. The number of nitrogens with zero attached hydrogens (tertiary/aromatic N) is 2. The standard InChI is InChI=1S/C21H24ClFN2O3/c1-2-27-20(26)13-25-10-7-15(8-11-25)18-4-3-9-24-21(18)28-14-16-5-6-17(22)12-19(16)23/h3-6,9,12,15H,2,7-8,10-11,13-14H2,1H3. The number of aromatic nitrogens is 1. The van der Waals surface area contributed by atoms with Crippen molar-refractivity contribution in [2.75, 3.05) is 26.2 Å². The van der Waals surface area contributed by atoms with Crippen molar-refractivity contribution in [3.63, 3.8) is 0 Å². The smallest absolute Gasteiger partial charge is 0.320 e. The lowest BCUT2D eigenvalue weighted by atomic mass is 9.90. The topological polar surface area (TPSA) is 51.7 Å². The molecule has 0 saturated carbocycles. The van der Waals surface area contributed by atoms with E-state index in [0.29, 0.717) is 29.6 Å². The minimum absolute atomic E-state index is 0.0920. The fourth-order valence-corrected chi connectivity index (χ4v) is 3.57. The van der Waals surface area contributed by atoms with E-state index in [2.05, 4.69) is 9.88 Å². The molecule has 7 heteroatoms.